The minimum absolute atomic E-state index is 0.0223. The lowest BCUT2D eigenvalue weighted by Crippen LogP contribution is -2.48. The van der Waals surface area contributed by atoms with E-state index in [0.717, 1.165) is 42.0 Å². The third-order valence-corrected chi connectivity index (χ3v) is 5.19. The molecule has 6 heteroatoms. The van der Waals surface area contributed by atoms with Gasteiger partial charge in [-0.15, -0.1) is 11.3 Å². The molecular formula is C17H24N4OS. The van der Waals surface area contributed by atoms with E-state index in [-0.39, 0.29) is 17.4 Å². The zero-order chi connectivity index (χ0) is 16.6. The zero-order valence-corrected chi connectivity index (χ0v) is 15.0. The standard InChI is InChI=1S/C17H24N4OS/c1-11-9-23-14-13(11)18-10-19-15(14)21-7-5-6-12(8-21)16(22)20-17(2,3)4/h9-10,12H,5-8H2,1-4H3,(H,20,22). The first-order valence-electron chi connectivity index (χ1n) is 8.11. The maximum absolute atomic E-state index is 12.5. The summed E-state index contributed by atoms with van der Waals surface area (Å²) in [5.41, 5.74) is 2.03. The van der Waals surface area contributed by atoms with Crippen LogP contribution in [-0.4, -0.2) is 34.5 Å². The van der Waals surface area contributed by atoms with Crippen molar-refractivity contribution < 1.29 is 4.79 Å². The van der Waals surface area contributed by atoms with Crippen LogP contribution in [0.4, 0.5) is 5.82 Å². The predicted octanol–water partition coefficient (Wildman–Crippen LogP) is 3.13. The van der Waals surface area contributed by atoms with Crippen LogP contribution >= 0.6 is 11.3 Å². The number of hydrogen-bond donors (Lipinski definition) is 1. The fraction of sp³-hybridized carbons (Fsp3) is 0.588. The molecule has 1 saturated heterocycles. The number of fused-ring (bicyclic) bond motifs is 1. The number of aryl methyl sites for hydroxylation is 1. The minimum atomic E-state index is -0.188. The van der Waals surface area contributed by atoms with Gasteiger partial charge in [-0.2, -0.15) is 0 Å². The first-order chi connectivity index (χ1) is 10.8. The fourth-order valence-electron chi connectivity index (χ4n) is 3.04. The number of aromatic nitrogens is 2. The monoisotopic (exact) mass is 332 g/mol. The lowest BCUT2D eigenvalue weighted by atomic mass is 9.95. The van der Waals surface area contributed by atoms with E-state index in [9.17, 15) is 4.79 Å². The smallest absolute Gasteiger partial charge is 0.225 e. The van der Waals surface area contributed by atoms with Crippen molar-refractivity contribution in [3.05, 3.63) is 17.3 Å². The highest BCUT2D eigenvalue weighted by Gasteiger charge is 2.29. The van der Waals surface area contributed by atoms with E-state index in [1.165, 1.54) is 5.56 Å². The number of anilines is 1. The summed E-state index contributed by atoms with van der Waals surface area (Å²) in [7, 11) is 0. The van der Waals surface area contributed by atoms with Crippen molar-refractivity contribution in [2.75, 3.05) is 18.0 Å². The quantitative estimate of drug-likeness (QED) is 0.918. The van der Waals surface area contributed by atoms with Crippen molar-refractivity contribution >= 4 is 33.3 Å². The molecule has 124 valence electrons. The van der Waals surface area contributed by atoms with Crippen LogP contribution in [0.25, 0.3) is 10.2 Å². The van der Waals surface area contributed by atoms with E-state index in [0.29, 0.717) is 0 Å². The molecule has 0 aliphatic carbocycles. The summed E-state index contributed by atoms with van der Waals surface area (Å²) in [6, 6.07) is 0. The molecule has 1 aliphatic rings. The molecule has 1 fully saturated rings. The number of rotatable bonds is 2. The van der Waals surface area contributed by atoms with E-state index in [2.05, 4.69) is 32.5 Å². The van der Waals surface area contributed by atoms with Gasteiger partial charge in [-0.3, -0.25) is 4.79 Å². The third-order valence-electron chi connectivity index (χ3n) is 4.10. The molecule has 1 unspecified atom stereocenters. The van der Waals surface area contributed by atoms with Gasteiger partial charge in [0.05, 0.1) is 16.1 Å². The number of carbonyl (C=O) groups excluding carboxylic acids is 1. The normalized spacial score (nSPS) is 19.1. The number of nitrogens with zero attached hydrogens (tertiary/aromatic N) is 3. The van der Waals surface area contributed by atoms with Crippen molar-refractivity contribution in [1.82, 2.24) is 15.3 Å². The van der Waals surface area contributed by atoms with Gasteiger partial charge in [0.2, 0.25) is 5.91 Å². The van der Waals surface area contributed by atoms with Crippen LogP contribution in [0.3, 0.4) is 0 Å². The van der Waals surface area contributed by atoms with E-state index in [1.807, 2.05) is 20.8 Å². The summed E-state index contributed by atoms with van der Waals surface area (Å²) in [6.07, 6.45) is 3.59. The topological polar surface area (TPSA) is 58.1 Å². The fourth-order valence-corrected chi connectivity index (χ4v) is 4.06. The molecule has 1 atom stereocenters. The highest BCUT2D eigenvalue weighted by Crippen LogP contribution is 2.33. The Morgan fingerprint density at radius 1 is 1.39 bits per heavy atom. The lowest BCUT2D eigenvalue weighted by molar-refractivity contribution is -0.126. The van der Waals surface area contributed by atoms with E-state index in [4.69, 9.17) is 0 Å². The maximum Gasteiger partial charge on any atom is 0.225 e. The summed E-state index contributed by atoms with van der Waals surface area (Å²) >= 11 is 1.69. The van der Waals surface area contributed by atoms with Crippen LogP contribution in [0, 0.1) is 12.8 Å². The van der Waals surface area contributed by atoms with Crippen molar-refractivity contribution in [2.45, 2.75) is 46.1 Å². The van der Waals surface area contributed by atoms with Gasteiger partial charge in [-0.25, -0.2) is 9.97 Å². The van der Waals surface area contributed by atoms with Crippen molar-refractivity contribution in [3.63, 3.8) is 0 Å². The van der Waals surface area contributed by atoms with Crippen LogP contribution in [0.2, 0.25) is 0 Å². The largest absolute Gasteiger partial charge is 0.355 e. The molecular weight excluding hydrogens is 308 g/mol. The molecule has 0 radical (unpaired) electrons. The summed E-state index contributed by atoms with van der Waals surface area (Å²) in [6.45, 7) is 9.81. The van der Waals surface area contributed by atoms with Crippen LogP contribution in [0.1, 0.15) is 39.2 Å². The van der Waals surface area contributed by atoms with Gasteiger partial charge in [-0.1, -0.05) is 0 Å². The first kappa shape index (κ1) is 16.2. The molecule has 0 aromatic carbocycles. The molecule has 1 aliphatic heterocycles. The molecule has 1 amide bonds. The van der Waals surface area contributed by atoms with Gasteiger partial charge in [0.15, 0.2) is 0 Å². The van der Waals surface area contributed by atoms with Crippen LogP contribution in [0.15, 0.2) is 11.7 Å². The second-order valence-corrected chi connectivity index (χ2v) is 8.20. The van der Waals surface area contributed by atoms with Crippen molar-refractivity contribution in [3.8, 4) is 0 Å². The molecule has 0 saturated carbocycles. The van der Waals surface area contributed by atoms with Crippen molar-refractivity contribution in [1.29, 1.82) is 0 Å². The van der Waals surface area contributed by atoms with Gasteiger partial charge in [0.1, 0.15) is 12.1 Å². The third kappa shape index (κ3) is 3.47. The molecule has 3 heterocycles. The van der Waals surface area contributed by atoms with Gasteiger partial charge < -0.3 is 10.2 Å². The predicted molar refractivity (Wildman–Crippen MR) is 95.0 cm³/mol. The molecule has 2 aromatic rings. The van der Waals surface area contributed by atoms with Crippen LogP contribution in [-0.2, 0) is 4.79 Å². The highest BCUT2D eigenvalue weighted by atomic mass is 32.1. The molecule has 23 heavy (non-hydrogen) atoms. The Balaban J connectivity index is 1.82. The Morgan fingerprint density at radius 2 is 2.17 bits per heavy atom. The molecule has 3 rings (SSSR count). The molecule has 2 aromatic heterocycles. The van der Waals surface area contributed by atoms with Gasteiger partial charge in [0.25, 0.3) is 0 Å². The zero-order valence-electron chi connectivity index (χ0n) is 14.2. The highest BCUT2D eigenvalue weighted by molar-refractivity contribution is 7.18. The Hall–Kier alpha value is -1.69. The second kappa shape index (κ2) is 6.07. The van der Waals surface area contributed by atoms with Gasteiger partial charge in [-0.05, 0) is 51.5 Å². The summed E-state index contributed by atoms with van der Waals surface area (Å²) in [5.74, 6) is 1.14. The van der Waals surface area contributed by atoms with Gasteiger partial charge in [0, 0.05) is 18.6 Å². The number of piperidine rings is 1. The van der Waals surface area contributed by atoms with E-state index in [1.54, 1.807) is 17.7 Å². The number of thiophene rings is 1. The summed E-state index contributed by atoms with van der Waals surface area (Å²) in [4.78, 5) is 23.6. The van der Waals surface area contributed by atoms with Gasteiger partial charge >= 0.3 is 0 Å². The number of nitrogens with one attached hydrogen (secondary N) is 1. The summed E-state index contributed by atoms with van der Waals surface area (Å²) in [5, 5.41) is 5.23. The Morgan fingerprint density at radius 3 is 2.91 bits per heavy atom. The second-order valence-electron chi connectivity index (χ2n) is 7.32. The molecule has 0 bridgehead atoms. The van der Waals surface area contributed by atoms with Crippen molar-refractivity contribution in [2.24, 2.45) is 5.92 Å². The van der Waals surface area contributed by atoms with E-state index >= 15 is 0 Å². The number of carbonyl (C=O) groups is 1. The molecule has 5 nitrogen and oxygen atoms in total. The first-order valence-corrected chi connectivity index (χ1v) is 8.99. The average Bonchev–Trinajstić information content (AvgIpc) is 2.87. The Labute approximate surface area is 141 Å². The minimum Gasteiger partial charge on any atom is -0.355 e. The Bertz CT molecular complexity index is 719. The maximum atomic E-state index is 12.5. The lowest BCUT2D eigenvalue weighted by Gasteiger charge is -2.34. The van der Waals surface area contributed by atoms with E-state index < -0.39 is 0 Å². The van der Waals surface area contributed by atoms with Crippen LogP contribution in [0.5, 0.6) is 0 Å². The SMILES string of the molecule is Cc1csc2c(N3CCCC(C(=O)NC(C)(C)C)C3)ncnc12. The number of hydrogen-bond acceptors (Lipinski definition) is 5. The summed E-state index contributed by atoms with van der Waals surface area (Å²) < 4.78 is 1.13. The van der Waals surface area contributed by atoms with Crippen LogP contribution < -0.4 is 10.2 Å². The Kier molecular flexibility index (Phi) is 4.27. The molecule has 0 spiro atoms. The molecule has 1 N–H and O–H groups in total. The number of amides is 1. The average molecular weight is 332 g/mol.